The highest BCUT2D eigenvalue weighted by molar-refractivity contribution is 5.96. The van der Waals surface area contributed by atoms with Gasteiger partial charge in [0.05, 0.1) is 11.8 Å². The lowest BCUT2D eigenvalue weighted by Gasteiger charge is -2.18. The Hall–Kier alpha value is -1.83. The summed E-state index contributed by atoms with van der Waals surface area (Å²) in [5.74, 6) is 0.318. The molecule has 5 nitrogen and oxygen atoms in total. The predicted octanol–water partition coefficient (Wildman–Crippen LogP) is 1.61. The topological polar surface area (TPSA) is 70.7 Å². The molecule has 1 rings (SSSR count). The molecule has 0 fully saturated rings. The highest BCUT2D eigenvalue weighted by Gasteiger charge is 2.31. The number of hydrogen-bond acceptors (Lipinski definition) is 3. The molecule has 16 heavy (non-hydrogen) atoms. The van der Waals surface area contributed by atoms with Crippen LogP contribution in [0.15, 0.2) is 6.07 Å². The number of aromatic nitrogens is 2. The van der Waals surface area contributed by atoms with Crippen LogP contribution in [0.25, 0.3) is 0 Å². The summed E-state index contributed by atoms with van der Waals surface area (Å²) >= 11 is 0. The number of rotatable bonds is 3. The summed E-state index contributed by atoms with van der Waals surface area (Å²) in [5.41, 5.74) is -0.161. The molecule has 1 N–H and O–H groups in total. The molecule has 1 atom stereocenters. The standard InChI is InChI=1S/C11H16N4O/c1-5-11(3,7-12)10(16)13-9-6-8(2)14-15(9)4/h6H,5H2,1-4H3,(H,13,16). The minimum atomic E-state index is -0.988. The second-order valence-corrected chi connectivity index (χ2v) is 4.05. The molecule has 1 amide bonds. The summed E-state index contributed by atoms with van der Waals surface area (Å²) in [5, 5.41) is 15.8. The van der Waals surface area contributed by atoms with Gasteiger partial charge in [-0.15, -0.1) is 0 Å². The number of aryl methyl sites for hydroxylation is 2. The van der Waals surface area contributed by atoms with Crippen LogP contribution < -0.4 is 5.32 Å². The molecular weight excluding hydrogens is 204 g/mol. The second kappa shape index (κ2) is 4.35. The minimum Gasteiger partial charge on any atom is -0.310 e. The molecule has 0 aromatic carbocycles. The van der Waals surface area contributed by atoms with E-state index in [2.05, 4.69) is 10.4 Å². The minimum absolute atomic E-state index is 0.291. The van der Waals surface area contributed by atoms with E-state index in [1.807, 2.05) is 19.9 Å². The predicted molar refractivity (Wildman–Crippen MR) is 60.6 cm³/mol. The van der Waals surface area contributed by atoms with Gasteiger partial charge in [0.15, 0.2) is 0 Å². The van der Waals surface area contributed by atoms with E-state index in [9.17, 15) is 4.79 Å². The quantitative estimate of drug-likeness (QED) is 0.841. The van der Waals surface area contributed by atoms with Crippen molar-refractivity contribution in [3.63, 3.8) is 0 Å². The van der Waals surface area contributed by atoms with Crippen LogP contribution in [0.1, 0.15) is 26.0 Å². The number of anilines is 1. The first-order valence-corrected chi connectivity index (χ1v) is 5.16. The van der Waals surface area contributed by atoms with E-state index in [0.717, 1.165) is 5.69 Å². The largest absolute Gasteiger partial charge is 0.310 e. The monoisotopic (exact) mass is 220 g/mol. The molecule has 0 radical (unpaired) electrons. The maximum absolute atomic E-state index is 11.9. The molecule has 1 unspecified atom stereocenters. The van der Waals surface area contributed by atoms with E-state index in [0.29, 0.717) is 12.2 Å². The SMILES string of the molecule is CCC(C)(C#N)C(=O)Nc1cc(C)nn1C. The van der Waals surface area contributed by atoms with Crippen LogP contribution >= 0.6 is 0 Å². The third-order valence-electron chi connectivity index (χ3n) is 2.70. The summed E-state index contributed by atoms with van der Waals surface area (Å²) in [6.07, 6.45) is 0.478. The van der Waals surface area contributed by atoms with Crippen LogP contribution in [0.4, 0.5) is 5.82 Å². The fourth-order valence-corrected chi connectivity index (χ4v) is 1.27. The number of carbonyl (C=O) groups is 1. The zero-order valence-corrected chi connectivity index (χ0v) is 10.0. The molecule has 1 aromatic rings. The molecule has 0 aliphatic carbocycles. The summed E-state index contributed by atoms with van der Waals surface area (Å²) < 4.78 is 1.58. The van der Waals surface area contributed by atoms with E-state index in [-0.39, 0.29) is 5.91 Å². The van der Waals surface area contributed by atoms with E-state index >= 15 is 0 Å². The normalized spacial score (nSPS) is 13.9. The smallest absolute Gasteiger partial charge is 0.245 e. The lowest BCUT2D eigenvalue weighted by Crippen LogP contribution is -2.32. The molecule has 5 heteroatoms. The molecule has 86 valence electrons. The Morgan fingerprint density at radius 1 is 1.75 bits per heavy atom. The van der Waals surface area contributed by atoms with Gasteiger partial charge < -0.3 is 5.32 Å². The van der Waals surface area contributed by atoms with Gasteiger partial charge in [0, 0.05) is 13.1 Å². The first-order valence-electron chi connectivity index (χ1n) is 5.16. The van der Waals surface area contributed by atoms with Gasteiger partial charge in [0.1, 0.15) is 11.2 Å². The Morgan fingerprint density at radius 2 is 2.38 bits per heavy atom. The second-order valence-electron chi connectivity index (χ2n) is 4.05. The van der Waals surface area contributed by atoms with Gasteiger partial charge in [0.25, 0.3) is 0 Å². The van der Waals surface area contributed by atoms with Crippen LogP contribution in [0.3, 0.4) is 0 Å². The summed E-state index contributed by atoms with van der Waals surface area (Å²) in [4.78, 5) is 11.9. The molecule has 1 heterocycles. The van der Waals surface area contributed by atoms with E-state index in [1.54, 1.807) is 24.7 Å². The first-order chi connectivity index (χ1) is 7.42. The number of carbonyl (C=O) groups excluding carboxylic acids is 1. The van der Waals surface area contributed by atoms with Gasteiger partial charge in [-0.3, -0.25) is 9.48 Å². The number of amides is 1. The molecule has 1 aromatic heterocycles. The molecule has 0 aliphatic rings. The third kappa shape index (κ3) is 2.22. The maximum Gasteiger partial charge on any atom is 0.245 e. The zero-order chi connectivity index (χ0) is 12.3. The van der Waals surface area contributed by atoms with Crippen molar-refractivity contribution in [2.45, 2.75) is 27.2 Å². The highest BCUT2D eigenvalue weighted by atomic mass is 16.2. The highest BCUT2D eigenvalue weighted by Crippen LogP contribution is 2.22. The summed E-state index contributed by atoms with van der Waals surface area (Å²) in [6.45, 7) is 5.29. The van der Waals surface area contributed by atoms with E-state index in [1.165, 1.54) is 0 Å². The van der Waals surface area contributed by atoms with Crippen LogP contribution in [0, 0.1) is 23.7 Å². The number of nitrogens with one attached hydrogen (secondary N) is 1. The third-order valence-corrected chi connectivity index (χ3v) is 2.70. The Balaban J connectivity index is 2.87. The number of hydrogen-bond donors (Lipinski definition) is 1. The average Bonchev–Trinajstić information content (AvgIpc) is 2.56. The Labute approximate surface area is 95.1 Å². The molecule has 0 spiro atoms. The van der Waals surface area contributed by atoms with Crippen molar-refractivity contribution in [3.05, 3.63) is 11.8 Å². The van der Waals surface area contributed by atoms with Gasteiger partial charge >= 0.3 is 0 Å². The first kappa shape index (κ1) is 12.2. The van der Waals surface area contributed by atoms with Gasteiger partial charge in [-0.25, -0.2) is 0 Å². The molecular formula is C11H16N4O. The fraction of sp³-hybridized carbons (Fsp3) is 0.545. The Kier molecular flexibility index (Phi) is 3.33. The van der Waals surface area contributed by atoms with Crippen molar-refractivity contribution < 1.29 is 4.79 Å². The molecule has 0 aliphatic heterocycles. The van der Waals surface area contributed by atoms with Crippen LogP contribution in [-0.4, -0.2) is 15.7 Å². The molecule has 0 bridgehead atoms. The van der Waals surface area contributed by atoms with Crippen LogP contribution in [0.5, 0.6) is 0 Å². The average molecular weight is 220 g/mol. The lowest BCUT2D eigenvalue weighted by atomic mass is 9.88. The van der Waals surface area contributed by atoms with Gasteiger partial charge in [0.2, 0.25) is 5.91 Å². The Morgan fingerprint density at radius 3 is 2.75 bits per heavy atom. The lowest BCUT2D eigenvalue weighted by molar-refractivity contribution is -0.122. The van der Waals surface area contributed by atoms with Gasteiger partial charge in [-0.2, -0.15) is 10.4 Å². The van der Waals surface area contributed by atoms with Gasteiger partial charge in [-0.1, -0.05) is 6.92 Å². The van der Waals surface area contributed by atoms with E-state index < -0.39 is 5.41 Å². The van der Waals surface area contributed by atoms with Crippen molar-refractivity contribution in [1.82, 2.24) is 9.78 Å². The van der Waals surface area contributed by atoms with Crippen molar-refractivity contribution in [3.8, 4) is 6.07 Å². The number of nitriles is 1. The molecule has 0 saturated carbocycles. The van der Waals surface area contributed by atoms with Crippen LogP contribution in [-0.2, 0) is 11.8 Å². The van der Waals surface area contributed by atoms with Crippen molar-refractivity contribution in [2.24, 2.45) is 12.5 Å². The summed E-state index contributed by atoms with van der Waals surface area (Å²) in [6, 6.07) is 3.80. The van der Waals surface area contributed by atoms with Crippen molar-refractivity contribution in [1.29, 1.82) is 5.26 Å². The van der Waals surface area contributed by atoms with Crippen molar-refractivity contribution >= 4 is 11.7 Å². The zero-order valence-electron chi connectivity index (χ0n) is 10.0. The fourth-order valence-electron chi connectivity index (χ4n) is 1.27. The summed E-state index contributed by atoms with van der Waals surface area (Å²) in [7, 11) is 1.75. The van der Waals surface area contributed by atoms with Gasteiger partial charge in [-0.05, 0) is 20.3 Å². The number of nitrogens with zero attached hydrogens (tertiary/aromatic N) is 3. The van der Waals surface area contributed by atoms with Crippen LogP contribution in [0.2, 0.25) is 0 Å². The van der Waals surface area contributed by atoms with Crippen molar-refractivity contribution in [2.75, 3.05) is 5.32 Å². The Bertz CT molecular complexity index is 443. The maximum atomic E-state index is 11.9. The van der Waals surface area contributed by atoms with E-state index in [4.69, 9.17) is 5.26 Å². The molecule has 0 saturated heterocycles.